The molecule has 12 nitrogen and oxygen atoms in total. The number of hydrogen-bond donors (Lipinski definition) is 3. The van der Waals surface area contributed by atoms with Gasteiger partial charge in [-0.25, -0.2) is 13.6 Å². The smallest absolute Gasteiger partial charge is 0.302 e. The summed E-state index contributed by atoms with van der Waals surface area (Å²) < 4.78 is 61.3. The van der Waals surface area contributed by atoms with Crippen molar-refractivity contribution in [2.24, 2.45) is 5.92 Å². The van der Waals surface area contributed by atoms with E-state index < -0.39 is 58.6 Å². The minimum atomic E-state index is -5.03. The third-order valence-corrected chi connectivity index (χ3v) is 5.11. The van der Waals surface area contributed by atoms with Crippen LogP contribution in [0.1, 0.15) is 29.8 Å². The fourth-order valence-corrected chi connectivity index (χ4v) is 3.72. The number of urea groups is 1. The number of nitrogens with zero attached hydrogens (tertiary/aromatic N) is 3. The topological polar surface area (TPSA) is 158 Å². The van der Waals surface area contributed by atoms with Gasteiger partial charge in [0.05, 0.1) is 12.2 Å². The van der Waals surface area contributed by atoms with E-state index in [0.29, 0.717) is 5.06 Å². The fraction of sp³-hybridized carbons (Fsp3) is 0.429. The molecule has 3 heterocycles. The molecule has 1 saturated carbocycles. The van der Waals surface area contributed by atoms with Crippen LogP contribution in [0.3, 0.4) is 0 Å². The maximum absolute atomic E-state index is 12.9. The number of amides is 4. The van der Waals surface area contributed by atoms with E-state index >= 15 is 0 Å². The van der Waals surface area contributed by atoms with Crippen LogP contribution >= 0.6 is 0 Å². The van der Waals surface area contributed by atoms with Crippen molar-refractivity contribution < 1.29 is 40.4 Å². The molecule has 0 aromatic carbocycles. The number of carbonyl (C=O) groups excluding carboxylic acids is 3. The van der Waals surface area contributed by atoms with Crippen molar-refractivity contribution in [3.8, 4) is 0 Å². The van der Waals surface area contributed by atoms with Gasteiger partial charge in [-0.3, -0.25) is 30.0 Å². The first-order valence-corrected chi connectivity index (χ1v) is 9.55. The second-order valence-electron chi connectivity index (χ2n) is 6.66. The molecule has 156 valence electrons. The molecule has 1 unspecified atom stereocenters. The summed E-state index contributed by atoms with van der Waals surface area (Å²) in [4.78, 5) is 41.8. The van der Waals surface area contributed by atoms with Crippen molar-refractivity contribution in [3.63, 3.8) is 0 Å². The van der Waals surface area contributed by atoms with E-state index in [4.69, 9.17) is 4.55 Å². The normalized spacial score (nSPS) is 26.7. The molecular formula is C14H13F2N5O7S. The molecule has 1 aromatic rings. The Balaban J connectivity index is 1.57. The van der Waals surface area contributed by atoms with Gasteiger partial charge in [0.2, 0.25) is 5.91 Å². The van der Waals surface area contributed by atoms with Crippen LogP contribution < -0.4 is 10.9 Å². The van der Waals surface area contributed by atoms with Gasteiger partial charge in [0.25, 0.3) is 11.8 Å². The summed E-state index contributed by atoms with van der Waals surface area (Å²) in [5, 5.41) is 0.395. The lowest BCUT2D eigenvalue weighted by Gasteiger charge is -2.30. The summed E-state index contributed by atoms with van der Waals surface area (Å²) in [5.41, 5.74) is 4.22. The van der Waals surface area contributed by atoms with Gasteiger partial charge in [0.1, 0.15) is 12.0 Å². The van der Waals surface area contributed by atoms with Crippen LogP contribution in [-0.2, 0) is 24.3 Å². The molecular weight excluding hydrogens is 420 g/mol. The predicted molar refractivity (Wildman–Crippen MR) is 85.6 cm³/mol. The summed E-state index contributed by atoms with van der Waals surface area (Å²) in [6.45, 7) is -0.181. The highest BCUT2D eigenvalue weighted by Gasteiger charge is 2.61. The summed E-state index contributed by atoms with van der Waals surface area (Å²) in [5.74, 6) is -6.71. The van der Waals surface area contributed by atoms with Crippen molar-refractivity contribution >= 4 is 28.2 Å². The number of halogens is 2. The Morgan fingerprint density at radius 1 is 1.31 bits per heavy atom. The molecule has 3 atom stereocenters. The molecule has 2 bridgehead atoms. The molecule has 1 aromatic heterocycles. The highest BCUT2D eigenvalue weighted by Crippen LogP contribution is 2.48. The number of aromatic nitrogens is 1. The predicted octanol–water partition coefficient (Wildman–Crippen LogP) is -0.548. The minimum absolute atomic E-state index is 0.0713. The van der Waals surface area contributed by atoms with Crippen LogP contribution in [0, 0.1) is 5.92 Å². The van der Waals surface area contributed by atoms with Gasteiger partial charge in [0, 0.05) is 18.2 Å². The van der Waals surface area contributed by atoms with E-state index in [1.54, 1.807) is 0 Å². The highest BCUT2D eigenvalue weighted by atomic mass is 32.3. The lowest BCUT2D eigenvalue weighted by Crippen LogP contribution is -2.50. The number of fused-ring (bicyclic) bond motifs is 4. The van der Waals surface area contributed by atoms with Crippen LogP contribution in [0.25, 0.3) is 0 Å². The maximum atomic E-state index is 12.9. The van der Waals surface area contributed by atoms with Crippen molar-refractivity contribution in [2.45, 2.75) is 24.4 Å². The van der Waals surface area contributed by atoms with Gasteiger partial charge in [0.15, 0.2) is 6.04 Å². The number of alkyl halides is 2. The van der Waals surface area contributed by atoms with Gasteiger partial charge >= 0.3 is 16.4 Å². The Bertz CT molecular complexity index is 1020. The average molecular weight is 433 g/mol. The molecule has 2 aliphatic heterocycles. The number of hydrogen-bond acceptors (Lipinski definition) is 7. The summed E-state index contributed by atoms with van der Waals surface area (Å²) in [7, 11) is -5.03. The molecule has 1 saturated heterocycles. The zero-order chi connectivity index (χ0) is 21.1. The Morgan fingerprint density at radius 2 is 1.97 bits per heavy atom. The molecule has 1 aliphatic carbocycles. The SMILES string of the molecule is O=C(NNC(=O)[C@@H]1c2ncccc2[C@@H]2CN1C(=O)N2OS(=O)(=O)O)C1CC1(F)F. The Kier molecular flexibility index (Phi) is 4.21. The maximum Gasteiger partial charge on any atom is 0.418 e. The lowest BCUT2D eigenvalue weighted by atomic mass is 9.95. The van der Waals surface area contributed by atoms with Gasteiger partial charge in [-0.15, -0.1) is 4.28 Å². The van der Waals surface area contributed by atoms with Crippen molar-refractivity contribution in [3.05, 3.63) is 29.6 Å². The molecule has 29 heavy (non-hydrogen) atoms. The number of nitrogens with one attached hydrogen (secondary N) is 2. The quantitative estimate of drug-likeness (QED) is 0.422. The zero-order valence-electron chi connectivity index (χ0n) is 14.3. The van der Waals surface area contributed by atoms with E-state index in [0.717, 1.165) is 4.90 Å². The minimum Gasteiger partial charge on any atom is -0.302 e. The Hall–Kier alpha value is -2.91. The van der Waals surface area contributed by atoms with E-state index in [9.17, 15) is 31.6 Å². The zero-order valence-corrected chi connectivity index (χ0v) is 15.1. The Labute approximate surface area is 161 Å². The number of carbonyl (C=O) groups is 3. The molecule has 3 N–H and O–H groups in total. The van der Waals surface area contributed by atoms with Crippen LogP contribution in [0.2, 0.25) is 0 Å². The number of rotatable bonds is 4. The van der Waals surface area contributed by atoms with Gasteiger partial charge < -0.3 is 4.90 Å². The van der Waals surface area contributed by atoms with E-state index in [1.807, 2.05) is 10.9 Å². The first kappa shape index (κ1) is 19.4. The molecule has 0 radical (unpaired) electrons. The second kappa shape index (κ2) is 6.30. The molecule has 4 amide bonds. The standard InChI is InChI=1S/C14H13F2N5O7S/c15-14(16)4-7(14)11(22)18-19-12(23)10-9-6(2-1-3-17-9)8-5-20(10)13(24)21(8)28-29(25,26)27/h1-3,7-8,10H,4-5H2,(H,18,22)(H,19,23)(H,25,26,27)/t7?,8-,10-/m0/s1. The summed E-state index contributed by atoms with van der Waals surface area (Å²) >= 11 is 0. The first-order valence-electron chi connectivity index (χ1n) is 8.19. The summed E-state index contributed by atoms with van der Waals surface area (Å²) in [6.07, 6.45) is 0.698. The van der Waals surface area contributed by atoms with Gasteiger partial charge in [-0.2, -0.15) is 13.5 Å². The average Bonchev–Trinajstić information content (AvgIpc) is 3.21. The molecule has 2 fully saturated rings. The van der Waals surface area contributed by atoms with Crippen molar-refractivity contribution in [1.29, 1.82) is 0 Å². The molecule has 15 heteroatoms. The fourth-order valence-electron chi connectivity index (χ4n) is 3.35. The summed E-state index contributed by atoms with van der Waals surface area (Å²) in [6, 6.07) is -0.463. The van der Waals surface area contributed by atoms with Gasteiger partial charge in [-0.05, 0) is 6.07 Å². The van der Waals surface area contributed by atoms with Crippen molar-refractivity contribution in [2.75, 3.05) is 6.54 Å². The number of pyridine rings is 1. The second-order valence-corrected chi connectivity index (χ2v) is 7.66. The van der Waals surface area contributed by atoms with Crippen LogP contribution in [0.15, 0.2) is 18.3 Å². The molecule has 0 spiro atoms. The lowest BCUT2D eigenvalue weighted by molar-refractivity contribution is -0.133. The van der Waals surface area contributed by atoms with Crippen LogP contribution in [0.4, 0.5) is 13.6 Å². The van der Waals surface area contributed by atoms with Gasteiger partial charge in [-0.1, -0.05) is 6.07 Å². The van der Waals surface area contributed by atoms with E-state index in [2.05, 4.69) is 9.27 Å². The highest BCUT2D eigenvalue weighted by molar-refractivity contribution is 7.80. The molecule has 3 aliphatic rings. The third kappa shape index (κ3) is 3.36. The Morgan fingerprint density at radius 3 is 2.59 bits per heavy atom. The van der Waals surface area contributed by atoms with Crippen LogP contribution in [-0.4, -0.2) is 58.2 Å². The van der Waals surface area contributed by atoms with Crippen molar-refractivity contribution in [1.82, 2.24) is 25.8 Å². The third-order valence-electron chi connectivity index (χ3n) is 4.76. The number of hydroxylamine groups is 2. The van der Waals surface area contributed by atoms with E-state index in [1.165, 1.54) is 18.3 Å². The largest absolute Gasteiger partial charge is 0.418 e. The first-order chi connectivity index (χ1) is 13.5. The van der Waals surface area contributed by atoms with Crippen LogP contribution in [0.5, 0.6) is 0 Å². The van der Waals surface area contributed by atoms with E-state index in [-0.39, 0.29) is 17.8 Å². The molecule has 4 rings (SSSR count). The monoisotopic (exact) mass is 433 g/mol. The number of hydrazine groups is 1.